The van der Waals surface area contributed by atoms with E-state index in [1.807, 2.05) is 18.2 Å². The maximum atomic E-state index is 12.4. The number of carbonyl (C=O) groups is 1. The maximum absolute atomic E-state index is 12.4. The lowest BCUT2D eigenvalue weighted by atomic mass is 9.65. The van der Waals surface area contributed by atoms with Gasteiger partial charge in [-0.1, -0.05) is 58.0 Å². The van der Waals surface area contributed by atoms with Gasteiger partial charge in [0.25, 0.3) is 0 Å². The van der Waals surface area contributed by atoms with Crippen LogP contribution in [0.25, 0.3) is 0 Å². The van der Waals surface area contributed by atoms with Crippen molar-refractivity contribution >= 4 is 5.97 Å². The number of hydrogen-bond acceptors (Lipinski definition) is 3. The second kappa shape index (κ2) is 5.87. The number of benzene rings is 1. The maximum Gasteiger partial charge on any atom is 0.323 e. The topological polar surface area (TPSA) is 38.3 Å². The van der Waals surface area contributed by atoms with Crippen LogP contribution >= 0.6 is 0 Å². The van der Waals surface area contributed by atoms with Gasteiger partial charge in [0.2, 0.25) is 0 Å². The molecule has 0 amide bonds. The van der Waals surface area contributed by atoms with Crippen LogP contribution in [0.1, 0.15) is 52.5 Å². The van der Waals surface area contributed by atoms with Crippen LogP contribution in [-0.4, -0.2) is 25.2 Å². The molecular formula is C21H31NO2. The fraction of sp³-hybridized carbons (Fsp3) is 0.667. The van der Waals surface area contributed by atoms with E-state index in [9.17, 15) is 4.79 Å². The zero-order valence-electron chi connectivity index (χ0n) is 15.7. The summed E-state index contributed by atoms with van der Waals surface area (Å²) in [7, 11) is 1.48. The number of carbonyl (C=O) groups excluding carboxylic acids is 1. The Hall–Kier alpha value is -1.35. The van der Waals surface area contributed by atoms with Crippen molar-refractivity contribution in [3.8, 4) is 0 Å². The number of hydrogen-bond donors (Lipinski definition) is 1. The van der Waals surface area contributed by atoms with Crippen molar-refractivity contribution in [3.63, 3.8) is 0 Å². The standard InChI is InChI=1S/C21H31NO2/c1-19(2)20(3)11-12-21(19,4)17(14-20)22-16(18(23)24-5)13-15-9-7-6-8-10-15/h6-10,16-17,22H,11-14H2,1-5H3/t16-,17+,20+,21-/m0/s1. The van der Waals surface area contributed by atoms with Crippen LogP contribution in [0.2, 0.25) is 0 Å². The van der Waals surface area contributed by atoms with Crippen molar-refractivity contribution in [2.45, 2.75) is 65.5 Å². The lowest BCUT2D eigenvalue weighted by Gasteiger charge is -2.41. The SMILES string of the molecule is COC(=O)[C@H](Cc1ccccc1)N[C@@H]1C[C@@]2(C)CC[C@]1(C)C2(C)C. The highest BCUT2D eigenvalue weighted by Gasteiger charge is 2.67. The summed E-state index contributed by atoms with van der Waals surface area (Å²) >= 11 is 0. The first-order chi connectivity index (χ1) is 11.2. The summed E-state index contributed by atoms with van der Waals surface area (Å²) in [5, 5.41) is 3.69. The third kappa shape index (κ3) is 2.48. The van der Waals surface area contributed by atoms with E-state index < -0.39 is 0 Å². The van der Waals surface area contributed by atoms with Gasteiger partial charge in [-0.25, -0.2) is 0 Å². The Kier molecular flexibility index (Phi) is 4.28. The Morgan fingerprint density at radius 3 is 2.38 bits per heavy atom. The minimum Gasteiger partial charge on any atom is -0.468 e. The van der Waals surface area contributed by atoms with Crippen LogP contribution in [0.3, 0.4) is 0 Å². The zero-order chi connectivity index (χ0) is 17.6. The molecule has 132 valence electrons. The molecule has 3 nitrogen and oxygen atoms in total. The summed E-state index contributed by atoms with van der Waals surface area (Å²) in [6, 6.07) is 10.3. The first-order valence-corrected chi connectivity index (χ1v) is 9.11. The molecule has 0 unspecified atom stereocenters. The summed E-state index contributed by atoms with van der Waals surface area (Å²) in [6.07, 6.45) is 4.33. The fourth-order valence-electron chi connectivity index (χ4n) is 5.18. The summed E-state index contributed by atoms with van der Waals surface area (Å²) < 4.78 is 5.08. The van der Waals surface area contributed by atoms with E-state index >= 15 is 0 Å². The zero-order valence-corrected chi connectivity index (χ0v) is 15.7. The highest BCUT2D eigenvalue weighted by atomic mass is 16.5. The van der Waals surface area contributed by atoms with Crippen molar-refractivity contribution in [3.05, 3.63) is 35.9 Å². The Morgan fingerprint density at radius 2 is 1.88 bits per heavy atom. The molecule has 4 atom stereocenters. The van der Waals surface area contributed by atoms with Crippen LogP contribution in [0.15, 0.2) is 30.3 Å². The van der Waals surface area contributed by atoms with Gasteiger partial charge in [0, 0.05) is 6.04 Å². The lowest BCUT2D eigenvalue weighted by molar-refractivity contribution is -0.143. The Balaban J connectivity index is 1.80. The molecule has 2 aliphatic rings. The third-order valence-electron chi connectivity index (χ3n) is 7.73. The molecule has 0 heterocycles. The summed E-state index contributed by atoms with van der Waals surface area (Å²) in [5.74, 6) is -0.159. The molecular weight excluding hydrogens is 298 g/mol. The van der Waals surface area contributed by atoms with E-state index in [0.717, 1.165) is 6.42 Å². The first kappa shape index (κ1) is 17.5. The highest BCUT2D eigenvalue weighted by Crippen LogP contribution is 2.71. The van der Waals surface area contributed by atoms with Crippen molar-refractivity contribution in [1.29, 1.82) is 0 Å². The average molecular weight is 329 g/mol. The molecule has 0 spiro atoms. The molecule has 2 aliphatic carbocycles. The molecule has 2 saturated carbocycles. The summed E-state index contributed by atoms with van der Waals surface area (Å²) in [5.41, 5.74) is 2.03. The molecule has 0 saturated heterocycles. The number of ether oxygens (including phenoxy) is 1. The summed E-state index contributed by atoms with van der Waals surface area (Å²) in [6.45, 7) is 9.64. The van der Waals surface area contributed by atoms with Crippen molar-refractivity contribution in [2.75, 3.05) is 7.11 Å². The number of methoxy groups -OCH3 is 1. The predicted octanol–water partition coefficient (Wildman–Crippen LogP) is 3.97. The number of rotatable bonds is 5. The van der Waals surface area contributed by atoms with E-state index in [-0.39, 0.29) is 22.8 Å². The van der Waals surface area contributed by atoms with Crippen LogP contribution in [0, 0.1) is 16.2 Å². The van der Waals surface area contributed by atoms with Gasteiger partial charge in [0.1, 0.15) is 6.04 Å². The first-order valence-electron chi connectivity index (χ1n) is 9.11. The molecule has 2 bridgehead atoms. The van der Waals surface area contributed by atoms with Gasteiger partial charge in [-0.3, -0.25) is 4.79 Å². The second-order valence-electron chi connectivity index (χ2n) is 8.79. The van der Waals surface area contributed by atoms with Crippen LogP contribution in [-0.2, 0) is 16.0 Å². The number of esters is 1. The fourth-order valence-corrected chi connectivity index (χ4v) is 5.18. The van der Waals surface area contributed by atoms with E-state index in [4.69, 9.17) is 4.74 Å². The van der Waals surface area contributed by atoms with Crippen molar-refractivity contribution < 1.29 is 9.53 Å². The van der Waals surface area contributed by atoms with Gasteiger partial charge in [0.05, 0.1) is 7.11 Å². The minimum absolute atomic E-state index is 0.159. The second-order valence-corrected chi connectivity index (χ2v) is 8.79. The molecule has 0 aliphatic heterocycles. The van der Waals surface area contributed by atoms with E-state index in [1.54, 1.807) is 0 Å². The Labute approximate surface area is 146 Å². The predicted molar refractivity (Wildman–Crippen MR) is 96.7 cm³/mol. The van der Waals surface area contributed by atoms with Crippen molar-refractivity contribution in [2.24, 2.45) is 16.2 Å². The van der Waals surface area contributed by atoms with E-state index in [2.05, 4.69) is 45.1 Å². The quantitative estimate of drug-likeness (QED) is 0.831. The molecule has 0 aromatic heterocycles. The number of fused-ring (bicyclic) bond motifs is 2. The van der Waals surface area contributed by atoms with Gasteiger partial charge in [-0.2, -0.15) is 0 Å². The normalized spacial score (nSPS) is 35.0. The van der Waals surface area contributed by atoms with E-state index in [0.29, 0.717) is 17.9 Å². The van der Waals surface area contributed by atoms with Crippen LogP contribution in [0.4, 0.5) is 0 Å². The highest BCUT2D eigenvalue weighted by molar-refractivity contribution is 5.76. The lowest BCUT2D eigenvalue weighted by Crippen LogP contribution is -2.52. The molecule has 1 aromatic rings. The number of nitrogens with one attached hydrogen (secondary N) is 1. The molecule has 2 fully saturated rings. The van der Waals surface area contributed by atoms with Crippen LogP contribution < -0.4 is 5.32 Å². The largest absolute Gasteiger partial charge is 0.468 e. The minimum atomic E-state index is -0.280. The average Bonchev–Trinajstić information content (AvgIpc) is 2.83. The van der Waals surface area contributed by atoms with Gasteiger partial charge in [-0.05, 0) is 47.5 Å². The molecule has 3 heteroatoms. The Bertz CT molecular complexity index is 612. The van der Waals surface area contributed by atoms with Gasteiger partial charge < -0.3 is 10.1 Å². The molecule has 1 N–H and O–H groups in total. The van der Waals surface area contributed by atoms with Gasteiger partial charge in [-0.15, -0.1) is 0 Å². The Morgan fingerprint density at radius 1 is 1.21 bits per heavy atom. The van der Waals surface area contributed by atoms with Crippen LogP contribution in [0.5, 0.6) is 0 Å². The van der Waals surface area contributed by atoms with E-state index in [1.165, 1.54) is 25.5 Å². The molecule has 0 radical (unpaired) electrons. The van der Waals surface area contributed by atoms with Crippen molar-refractivity contribution in [1.82, 2.24) is 5.32 Å². The van der Waals surface area contributed by atoms with Gasteiger partial charge in [0.15, 0.2) is 0 Å². The smallest absolute Gasteiger partial charge is 0.323 e. The van der Waals surface area contributed by atoms with Gasteiger partial charge >= 0.3 is 5.97 Å². The molecule has 1 aromatic carbocycles. The molecule has 24 heavy (non-hydrogen) atoms. The summed E-state index contributed by atoms with van der Waals surface area (Å²) in [4.78, 5) is 12.4. The third-order valence-corrected chi connectivity index (χ3v) is 7.73. The monoisotopic (exact) mass is 329 g/mol. The molecule has 3 rings (SSSR count).